The number of pyridine rings is 1. The van der Waals surface area contributed by atoms with Crippen LogP contribution in [-0.4, -0.2) is 24.6 Å². The molecule has 0 radical (unpaired) electrons. The molecule has 0 atom stereocenters. The number of hydrogen-bond acceptors (Lipinski definition) is 4. The van der Waals surface area contributed by atoms with Gasteiger partial charge in [-0.15, -0.1) is 10.2 Å². The molecule has 6 heteroatoms. The molecule has 0 aromatic carbocycles. The normalized spacial score (nSPS) is 10.9. The average molecular weight is 246 g/mol. The van der Waals surface area contributed by atoms with Gasteiger partial charge in [0.05, 0.1) is 0 Å². The number of nitrogens with zero attached hydrogens (tertiary/aromatic N) is 5. The van der Waals surface area contributed by atoms with Gasteiger partial charge in [-0.05, 0) is 17.7 Å². The van der Waals surface area contributed by atoms with Crippen LogP contribution in [0.15, 0.2) is 36.9 Å². The van der Waals surface area contributed by atoms with E-state index in [1.807, 2.05) is 16.5 Å². The van der Waals surface area contributed by atoms with E-state index in [1.165, 1.54) is 0 Å². The SMILES string of the molecule is Clc1cc2nnc(Cc3ccncc3)n2cn1. The van der Waals surface area contributed by atoms with Crippen molar-refractivity contribution < 1.29 is 0 Å². The van der Waals surface area contributed by atoms with Gasteiger partial charge in [-0.3, -0.25) is 9.38 Å². The maximum Gasteiger partial charge on any atom is 0.165 e. The second kappa shape index (κ2) is 4.10. The Morgan fingerprint density at radius 2 is 2.00 bits per heavy atom. The summed E-state index contributed by atoms with van der Waals surface area (Å²) in [6, 6.07) is 5.58. The predicted octanol–water partition coefficient (Wildman–Crippen LogP) is 1.76. The number of rotatable bonds is 2. The third-order valence-corrected chi connectivity index (χ3v) is 2.66. The monoisotopic (exact) mass is 245 g/mol. The summed E-state index contributed by atoms with van der Waals surface area (Å²) in [5.41, 5.74) is 1.83. The lowest BCUT2D eigenvalue weighted by molar-refractivity contribution is 0.917. The molecule has 3 heterocycles. The summed E-state index contributed by atoms with van der Waals surface area (Å²) in [6.45, 7) is 0. The molecule has 0 aliphatic heterocycles. The molecule has 0 spiro atoms. The Morgan fingerprint density at radius 1 is 1.18 bits per heavy atom. The fourth-order valence-corrected chi connectivity index (χ4v) is 1.76. The standard InChI is InChI=1S/C11H8ClN5/c12-9-6-11-16-15-10(17(11)7-14-9)5-8-1-3-13-4-2-8/h1-4,6-7H,5H2. The van der Waals surface area contributed by atoms with Crippen molar-refractivity contribution in [3.05, 3.63) is 53.5 Å². The fraction of sp³-hybridized carbons (Fsp3) is 0.0909. The van der Waals surface area contributed by atoms with Gasteiger partial charge in [-0.25, -0.2) is 4.98 Å². The highest BCUT2D eigenvalue weighted by molar-refractivity contribution is 6.29. The lowest BCUT2D eigenvalue weighted by Crippen LogP contribution is -1.97. The van der Waals surface area contributed by atoms with Crippen LogP contribution in [0.2, 0.25) is 5.15 Å². The summed E-state index contributed by atoms with van der Waals surface area (Å²) < 4.78 is 1.83. The minimum Gasteiger partial charge on any atom is -0.269 e. The Kier molecular flexibility index (Phi) is 2.45. The van der Waals surface area contributed by atoms with E-state index < -0.39 is 0 Å². The Labute approximate surface area is 102 Å². The van der Waals surface area contributed by atoms with Gasteiger partial charge in [-0.2, -0.15) is 0 Å². The fourth-order valence-electron chi connectivity index (χ4n) is 1.62. The topological polar surface area (TPSA) is 56.0 Å². The number of hydrogen-bond donors (Lipinski definition) is 0. The largest absolute Gasteiger partial charge is 0.269 e. The molecule has 17 heavy (non-hydrogen) atoms. The first-order valence-corrected chi connectivity index (χ1v) is 5.45. The zero-order valence-electron chi connectivity index (χ0n) is 8.79. The van der Waals surface area contributed by atoms with Crippen LogP contribution in [0.4, 0.5) is 0 Å². The molecule has 0 unspecified atom stereocenters. The van der Waals surface area contributed by atoms with Crippen molar-refractivity contribution in [2.45, 2.75) is 6.42 Å². The first-order chi connectivity index (χ1) is 8.33. The van der Waals surface area contributed by atoms with Crippen LogP contribution in [0.3, 0.4) is 0 Å². The van der Waals surface area contributed by atoms with E-state index in [9.17, 15) is 0 Å². The van der Waals surface area contributed by atoms with Crippen LogP contribution >= 0.6 is 11.6 Å². The van der Waals surface area contributed by atoms with Crippen molar-refractivity contribution in [3.8, 4) is 0 Å². The number of aromatic nitrogens is 5. The second-order valence-corrected chi connectivity index (χ2v) is 3.98. The van der Waals surface area contributed by atoms with Gasteiger partial charge in [-0.1, -0.05) is 11.6 Å². The Morgan fingerprint density at radius 3 is 2.82 bits per heavy atom. The van der Waals surface area contributed by atoms with Crippen LogP contribution in [0.5, 0.6) is 0 Å². The van der Waals surface area contributed by atoms with E-state index in [0.717, 1.165) is 11.4 Å². The van der Waals surface area contributed by atoms with Crippen molar-refractivity contribution in [2.75, 3.05) is 0 Å². The lowest BCUT2D eigenvalue weighted by Gasteiger charge is -1.99. The summed E-state index contributed by atoms with van der Waals surface area (Å²) in [5, 5.41) is 8.59. The van der Waals surface area contributed by atoms with Crippen LogP contribution in [-0.2, 0) is 6.42 Å². The maximum atomic E-state index is 5.79. The van der Waals surface area contributed by atoms with Crippen LogP contribution in [0.1, 0.15) is 11.4 Å². The zero-order valence-corrected chi connectivity index (χ0v) is 9.54. The molecule has 0 saturated heterocycles. The highest BCUT2D eigenvalue weighted by Crippen LogP contribution is 2.11. The molecule has 84 valence electrons. The van der Waals surface area contributed by atoms with E-state index in [2.05, 4.69) is 20.2 Å². The van der Waals surface area contributed by atoms with Crippen molar-refractivity contribution in [1.29, 1.82) is 0 Å². The Bertz CT molecular complexity index is 649. The molecule has 0 N–H and O–H groups in total. The molecule has 3 rings (SSSR count). The second-order valence-electron chi connectivity index (χ2n) is 3.59. The first kappa shape index (κ1) is 10.2. The number of halogens is 1. The molecular formula is C11H8ClN5. The van der Waals surface area contributed by atoms with Crippen LogP contribution < -0.4 is 0 Å². The van der Waals surface area contributed by atoms with E-state index in [4.69, 9.17) is 11.6 Å². The first-order valence-electron chi connectivity index (χ1n) is 5.07. The van der Waals surface area contributed by atoms with Crippen molar-refractivity contribution in [3.63, 3.8) is 0 Å². The lowest BCUT2D eigenvalue weighted by atomic mass is 10.2. The molecule has 0 saturated carbocycles. The molecule has 3 aromatic heterocycles. The van der Waals surface area contributed by atoms with Crippen molar-refractivity contribution in [2.24, 2.45) is 0 Å². The molecule has 0 bridgehead atoms. The molecular weight excluding hydrogens is 238 g/mol. The summed E-state index contributed by atoms with van der Waals surface area (Å²) in [7, 11) is 0. The van der Waals surface area contributed by atoms with Gasteiger partial charge in [0.25, 0.3) is 0 Å². The van der Waals surface area contributed by atoms with Gasteiger partial charge in [0, 0.05) is 24.9 Å². The van der Waals surface area contributed by atoms with E-state index in [-0.39, 0.29) is 0 Å². The van der Waals surface area contributed by atoms with Gasteiger partial charge in [0.15, 0.2) is 5.65 Å². The average Bonchev–Trinajstić information content (AvgIpc) is 2.73. The maximum absolute atomic E-state index is 5.79. The van der Waals surface area contributed by atoms with E-state index >= 15 is 0 Å². The molecule has 5 nitrogen and oxygen atoms in total. The van der Waals surface area contributed by atoms with Gasteiger partial charge >= 0.3 is 0 Å². The predicted molar refractivity (Wildman–Crippen MR) is 62.8 cm³/mol. The highest BCUT2D eigenvalue weighted by Gasteiger charge is 2.06. The van der Waals surface area contributed by atoms with Crippen LogP contribution in [0, 0.1) is 0 Å². The summed E-state index contributed by atoms with van der Waals surface area (Å²) in [4.78, 5) is 7.99. The summed E-state index contributed by atoms with van der Waals surface area (Å²) >= 11 is 5.79. The highest BCUT2D eigenvalue weighted by atomic mass is 35.5. The van der Waals surface area contributed by atoms with E-state index in [0.29, 0.717) is 17.2 Å². The molecule has 3 aromatic rings. The molecule has 0 aliphatic carbocycles. The third kappa shape index (κ3) is 1.97. The summed E-state index contributed by atoms with van der Waals surface area (Å²) in [5.74, 6) is 0.829. The smallest absolute Gasteiger partial charge is 0.165 e. The van der Waals surface area contributed by atoms with Crippen molar-refractivity contribution >= 4 is 17.2 Å². The summed E-state index contributed by atoms with van der Waals surface area (Å²) in [6.07, 6.45) is 5.84. The quantitative estimate of drug-likeness (QED) is 0.646. The Hall–Kier alpha value is -2.01. The number of fused-ring (bicyclic) bond motifs is 1. The van der Waals surface area contributed by atoms with Gasteiger partial charge < -0.3 is 0 Å². The van der Waals surface area contributed by atoms with Gasteiger partial charge in [0.2, 0.25) is 0 Å². The molecule has 0 fully saturated rings. The van der Waals surface area contributed by atoms with E-state index in [1.54, 1.807) is 24.8 Å². The zero-order chi connectivity index (χ0) is 11.7. The van der Waals surface area contributed by atoms with Crippen LogP contribution in [0.25, 0.3) is 5.65 Å². The van der Waals surface area contributed by atoms with Gasteiger partial charge in [0.1, 0.15) is 17.3 Å². The minimum absolute atomic E-state index is 0.417. The molecule has 0 aliphatic rings. The van der Waals surface area contributed by atoms with Crippen molar-refractivity contribution in [1.82, 2.24) is 24.6 Å². The third-order valence-electron chi connectivity index (χ3n) is 2.45. The minimum atomic E-state index is 0.417. The Balaban J connectivity index is 2.01. The molecule has 0 amide bonds.